The van der Waals surface area contributed by atoms with E-state index in [1.807, 2.05) is 19.1 Å². The fourth-order valence-corrected chi connectivity index (χ4v) is 1.52. The van der Waals surface area contributed by atoms with Gasteiger partial charge in [-0.2, -0.15) is 0 Å². The molecule has 0 radical (unpaired) electrons. The van der Waals surface area contributed by atoms with Crippen LogP contribution in [-0.2, 0) is 4.79 Å². The Morgan fingerprint density at radius 2 is 2.15 bits per heavy atom. The van der Waals surface area contributed by atoms with Gasteiger partial charge in [0.15, 0.2) is 5.78 Å². The molecule has 1 aliphatic carbocycles. The Hall–Kier alpha value is -0.890. The minimum Gasteiger partial charge on any atom is -0.396 e. The van der Waals surface area contributed by atoms with E-state index in [4.69, 9.17) is 5.11 Å². The first-order valence-electron chi connectivity index (χ1n) is 4.73. The lowest BCUT2D eigenvalue weighted by atomic mass is 10.1. The van der Waals surface area contributed by atoms with Crippen molar-refractivity contribution in [3.05, 3.63) is 23.3 Å². The highest BCUT2D eigenvalue weighted by Gasteiger charge is 2.17. The molecule has 0 atom stereocenters. The summed E-state index contributed by atoms with van der Waals surface area (Å²) in [5.74, 6) is 0.297. The average molecular weight is 180 g/mol. The number of hydrogen-bond donors (Lipinski definition) is 1. The Bertz CT molecular complexity index is 249. The molecule has 0 aromatic heterocycles. The predicted molar refractivity (Wildman–Crippen MR) is 52.4 cm³/mol. The highest BCUT2D eigenvalue weighted by Crippen LogP contribution is 2.24. The Kier molecular flexibility index (Phi) is 3.90. The molecule has 0 saturated heterocycles. The number of rotatable bonds is 4. The van der Waals surface area contributed by atoms with Gasteiger partial charge in [0, 0.05) is 13.0 Å². The van der Waals surface area contributed by atoms with E-state index in [1.54, 1.807) is 0 Å². The lowest BCUT2D eigenvalue weighted by Crippen LogP contribution is -1.94. The number of aliphatic hydroxyl groups is 1. The maximum absolute atomic E-state index is 11.3. The van der Waals surface area contributed by atoms with Crippen LogP contribution in [0.2, 0.25) is 0 Å². The van der Waals surface area contributed by atoms with Crippen LogP contribution in [0.3, 0.4) is 0 Å². The van der Waals surface area contributed by atoms with Crippen molar-refractivity contribution >= 4 is 5.78 Å². The number of allylic oxidation sites excluding steroid dienone is 3. The summed E-state index contributed by atoms with van der Waals surface area (Å²) in [5, 5.41) is 8.53. The van der Waals surface area contributed by atoms with Crippen molar-refractivity contribution in [1.82, 2.24) is 0 Å². The molecule has 2 heteroatoms. The highest BCUT2D eigenvalue weighted by molar-refractivity contribution is 5.98. The first kappa shape index (κ1) is 10.2. The quantitative estimate of drug-likeness (QED) is 0.672. The van der Waals surface area contributed by atoms with Crippen LogP contribution < -0.4 is 0 Å². The molecule has 0 saturated carbocycles. The van der Waals surface area contributed by atoms with Gasteiger partial charge in [-0.1, -0.05) is 17.7 Å². The normalized spacial score (nSPS) is 17.8. The maximum Gasteiger partial charge on any atom is 0.159 e. The summed E-state index contributed by atoms with van der Waals surface area (Å²) >= 11 is 0. The minimum absolute atomic E-state index is 0.183. The van der Waals surface area contributed by atoms with Crippen LogP contribution in [0.4, 0.5) is 0 Å². The Morgan fingerprint density at radius 1 is 1.38 bits per heavy atom. The third-order valence-corrected chi connectivity index (χ3v) is 2.36. The van der Waals surface area contributed by atoms with Crippen molar-refractivity contribution in [3.8, 4) is 0 Å². The second-order valence-electron chi connectivity index (χ2n) is 3.37. The smallest absolute Gasteiger partial charge is 0.159 e. The van der Waals surface area contributed by atoms with Crippen LogP contribution in [0.1, 0.15) is 32.6 Å². The molecule has 1 N–H and O–H groups in total. The molecule has 0 unspecified atom stereocenters. The maximum atomic E-state index is 11.3. The molecular weight excluding hydrogens is 164 g/mol. The molecule has 0 aromatic rings. The summed E-state index contributed by atoms with van der Waals surface area (Å²) in [7, 11) is 0. The van der Waals surface area contributed by atoms with Gasteiger partial charge in [-0.3, -0.25) is 4.79 Å². The fourth-order valence-electron chi connectivity index (χ4n) is 1.52. The zero-order chi connectivity index (χ0) is 9.68. The zero-order valence-electron chi connectivity index (χ0n) is 8.05. The molecule has 0 spiro atoms. The van der Waals surface area contributed by atoms with Crippen molar-refractivity contribution in [2.45, 2.75) is 32.6 Å². The molecule has 13 heavy (non-hydrogen) atoms. The number of carbonyl (C=O) groups excluding carboxylic acids is 1. The van der Waals surface area contributed by atoms with E-state index in [0.717, 1.165) is 18.4 Å². The second-order valence-corrected chi connectivity index (χ2v) is 3.37. The third-order valence-electron chi connectivity index (χ3n) is 2.36. The van der Waals surface area contributed by atoms with Crippen molar-refractivity contribution in [1.29, 1.82) is 0 Å². The van der Waals surface area contributed by atoms with Crippen molar-refractivity contribution < 1.29 is 9.90 Å². The van der Waals surface area contributed by atoms with Crippen LogP contribution in [0.15, 0.2) is 23.3 Å². The Balaban J connectivity index is 2.44. The molecule has 72 valence electrons. The molecule has 0 bridgehead atoms. The number of hydrogen-bond acceptors (Lipinski definition) is 2. The summed E-state index contributed by atoms with van der Waals surface area (Å²) in [6.45, 7) is 2.21. The first-order chi connectivity index (χ1) is 6.25. The van der Waals surface area contributed by atoms with Gasteiger partial charge in [-0.25, -0.2) is 0 Å². The van der Waals surface area contributed by atoms with E-state index in [-0.39, 0.29) is 6.61 Å². The number of aliphatic hydroxyl groups excluding tert-OH is 1. The van der Waals surface area contributed by atoms with Gasteiger partial charge in [-0.05, 0) is 31.8 Å². The monoisotopic (exact) mass is 180 g/mol. The minimum atomic E-state index is 0.183. The molecular formula is C11H16O2. The van der Waals surface area contributed by atoms with E-state index in [9.17, 15) is 4.79 Å². The van der Waals surface area contributed by atoms with E-state index in [1.165, 1.54) is 5.57 Å². The van der Waals surface area contributed by atoms with Gasteiger partial charge in [-0.15, -0.1) is 0 Å². The Labute approximate surface area is 79.0 Å². The summed E-state index contributed by atoms with van der Waals surface area (Å²) in [5.41, 5.74) is 2.22. The highest BCUT2D eigenvalue weighted by atomic mass is 16.2. The van der Waals surface area contributed by atoms with E-state index >= 15 is 0 Å². The number of Topliss-reactive ketones (excluding diaryl/α,β-unsaturated/α-hetero) is 1. The van der Waals surface area contributed by atoms with E-state index in [2.05, 4.69) is 0 Å². The standard InChI is InChI=1S/C11H16O2/c1-9-6-7-11(13)10(9)5-3-2-4-8-12/h2-3,12H,4-8H2,1H3/b3-2+. The van der Waals surface area contributed by atoms with Crippen LogP contribution in [-0.4, -0.2) is 17.5 Å². The van der Waals surface area contributed by atoms with Gasteiger partial charge in [0.2, 0.25) is 0 Å². The Morgan fingerprint density at radius 3 is 2.69 bits per heavy atom. The molecule has 0 aliphatic heterocycles. The van der Waals surface area contributed by atoms with E-state index in [0.29, 0.717) is 18.6 Å². The van der Waals surface area contributed by atoms with Gasteiger partial charge in [0.25, 0.3) is 0 Å². The fraction of sp³-hybridized carbons (Fsp3) is 0.545. The molecule has 1 aliphatic rings. The first-order valence-corrected chi connectivity index (χ1v) is 4.73. The number of carbonyl (C=O) groups is 1. The molecule has 2 nitrogen and oxygen atoms in total. The van der Waals surface area contributed by atoms with E-state index < -0.39 is 0 Å². The molecule has 0 fully saturated rings. The zero-order valence-corrected chi connectivity index (χ0v) is 8.05. The van der Waals surface area contributed by atoms with Gasteiger partial charge in [0.05, 0.1) is 0 Å². The lowest BCUT2D eigenvalue weighted by molar-refractivity contribution is -0.114. The van der Waals surface area contributed by atoms with Crippen LogP contribution >= 0.6 is 0 Å². The van der Waals surface area contributed by atoms with Crippen molar-refractivity contribution in [2.75, 3.05) is 6.61 Å². The van der Waals surface area contributed by atoms with Gasteiger partial charge >= 0.3 is 0 Å². The topological polar surface area (TPSA) is 37.3 Å². The van der Waals surface area contributed by atoms with Crippen LogP contribution in [0, 0.1) is 0 Å². The summed E-state index contributed by atoms with van der Waals surface area (Å²) in [4.78, 5) is 11.3. The molecule has 0 amide bonds. The van der Waals surface area contributed by atoms with Crippen LogP contribution in [0.5, 0.6) is 0 Å². The molecule has 1 rings (SSSR count). The summed E-state index contributed by atoms with van der Waals surface area (Å²) < 4.78 is 0. The average Bonchev–Trinajstić information content (AvgIpc) is 2.42. The SMILES string of the molecule is CC1=C(C/C=C/CCO)C(=O)CC1. The van der Waals surface area contributed by atoms with Crippen molar-refractivity contribution in [3.63, 3.8) is 0 Å². The third kappa shape index (κ3) is 2.81. The van der Waals surface area contributed by atoms with Crippen molar-refractivity contribution in [2.24, 2.45) is 0 Å². The largest absolute Gasteiger partial charge is 0.396 e. The molecule has 0 aromatic carbocycles. The predicted octanol–water partition coefficient (Wildman–Crippen LogP) is 1.99. The summed E-state index contributed by atoms with van der Waals surface area (Å²) in [6, 6.07) is 0. The summed E-state index contributed by atoms with van der Waals surface area (Å²) in [6.07, 6.45) is 6.94. The lowest BCUT2D eigenvalue weighted by Gasteiger charge is -1.96. The van der Waals surface area contributed by atoms with Crippen LogP contribution in [0.25, 0.3) is 0 Å². The molecule has 0 heterocycles. The second kappa shape index (κ2) is 4.97. The van der Waals surface area contributed by atoms with Gasteiger partial charge < -0.3 is 5.11 Å². The number of ketones is 1. The van der Waals surface area contributed by atoms with Gasteiger partial charge in [0.1, 0.15) is 0 Å².